The molecule has 0 saturated carbocycles. The Morgan fingerprint density at radius 1 is 1.50 bits per heavy atom. The zero-order valence-electron chi connectivity index (χ0n) is 11.6. The second-order valence-electron chi connectivity index (χ2n) is 4.53. The Bertz CT molecular complexity index is 608. The van der Waals surface area contributed by atoms with Crippen molar-refractivity contribution in [3.63, 3.8) is 0 Å². The van der Waals surface area contributed by atoms with Crippen molar-refractivity contribution in [2.75, 3.05) is 0 Å². The van der Waals surface area contributed by atoms with Crippen molar-refractivity contribution < 1.29 is 18.3 Å². The maximum absolute atomic E-state index is 12.3. The molecule has 0 aliphatic rings. The highest BCUT2D eigenvalue weighted by atomic mass is 32.2. The van der Waals surface area contributed by atoms with Gasteiger partial charge in [-0.3, -0.25) is 0 Å². The van der Waals surface area contributed by atoms with Crippen LogP contribution in [0.1, 0.15) is 36.2 Å². The maximum Gasteiger partial charge on any atom is 0.335 e. The van der Waals surface area contributed by atoms with Gasteiger partial charge in [-0.1, -0.05) is 19.1 Å². The maximum atomic E-state index is 12.3. The number of aromatic carboxylic acids is 1. The van der Waals surface area contributed by atoms with E-state index in [0.29, 0.717) is 18.4 Å². The molecule has 0 aliphatic carbocycles. The summed E-state index contributed by atoms with van der Waals surface area (Å²) in [6.07, 6.45) is 2.63. The number of benzene rings is 1. The third kappa shape index (κ3) is 3.91. The van der Waals surface area contributed by atoms with Crippen LogP contribution in [0.15, 0.2) is 35.7 Å². The lowest BCUT2D eigenvalue weighted by Crippen LogP contribution is -2.32. The third-order valence-electron chi connectivity index (χ3n) is 2.86. The molecule has 5 nitrogen and oxygen atoms in total. The van der Waals surface area contributed by atoms with Crippen LogP contribution in [0.25, 0.3) is 0 Å². The van der Waals surface area contributed by atoms with Crippen LogP contribution in [0, 0.1) is 0 Å². The van der Waals surface area contributed by atoms with E-state index >= 15 is 0 Å². The Hall–Kier alpha value is -1.66. The Kier molecular flexibility index (Phi) is 5.47. The van der Waals surface area contributed by atoms with Gasteiger partial charge in [0.2, 0.25) is 10.0 Å². The van der Waals surface area contributed by atoms with E-state index in [-0.39, 0.29) is 16.5 Å². The fourth-order valence-electron chi connectivity index (χ4n) is 1.86. The highest BCUT2D eigenvalue weighted by Crippen LogP contribution is 2.19. The molecule has 0 aromatic heterocycles. The Morgan fingerprint density at radius 2 is 2.15 bits per heavy atom. The molecule has 20 heavy (non-hydrogen) atoms. The van der Waals surface area contributed by atoms with E-state index in [9.17, 15) is 13.2 Å². The van der Waals surface area contributed by atoms with Crippen molar-refractivity contribution in [1.82, 2.24) is 4.72 Å². The molecule has 1 unspecified atom stereocenters. The zero-order valence-corrected chi connectivity index (χ0v) is 12.4. The Morgan fingerprint density at radius 3 is 2.65 bits per heavy atom. The largest absolute Gasteiger partial charge is 0.478 e. The highest BCUT2D eigenvalue weighted by Gasteiger charge is 2.21. The van der Waals surface area contributed by atoms with Crippen molar-refractivity contribution in [3.05, 3.63) is 42.0 Å². The number of carboxylic acid groups (broad SMARTS) is 1. The summed E-state index contributed by atoms with van der Waals surface area (Å²) in [5, 5.41) is 8.98. The number of carboxylic acids is 1. The topological polar surface area (TPSA) is 83.5 Å². The second kappa shape index (κ2) is 6.67. The van der Waals surface area contributed by atoms with Gasteiger partial charge in [0.15, 0.2) is 0 Å². The summed E-state index contributed by atoms with van der Waals surface area (Å²) in [5.41, 5.74) is 0.548. The summed E-state index contributed by atoms with van der Waals surface area (Å²) < 4.78 is 27.2. The molecule has 0 saturated heterocycles. The molecular weight excluding hydrogens is 278 g/mol. The molecule has 110 valence electrons. The van der Waals surface area contributed by atoms with E-state index in [1.54, 1.807) is 13.0 Å². The number of hydrogen-bond acceptors (Lipinski definition) is 3. The smallest absolute Gasteiger partial charge is 0.335 e. The molecule has 1 rings (SSSR count). The van der Waals surface area contributed by atoms with Gasteiger partial charge in [-0.15, -0.1) is 6.58 Å². The van der Waals surface area contributed by atoms with Gasteiger partial charge in [0.1, 0.15) is 0 Å². The molecule has 0 heterocycles. The summed E-state index contributed by atoms with van der Waals surface area (Å²) in [4.78, 5) is 11.0. The van der Waals surface area contributed by atoms with Crippen molar-refractivity contribution in [2.45, 2.75) is 37.6 Å². The van der Waals surface area contributed by atoms with Gasteiger partial charge in [0, 0.05) is 6.04 Å². The fraction of sp³-hybridized carbons (Fsp3) is 0.357. The van der Waals surface area contributed by atoms with Crippen LogP contribution in [0.4, 0.5) is 0 Å². The number of aryl methyl sites for hydroxylation is 1. The normalized spacial score (nSPS) is 12.9. The number of carbonyl (C=O) groups is 1. The van der Waals surface area contributed by atoms with E-state index < -0.39 is 16.0 Å². The van der Waals surface area contributed by atoms with E-state index in [4.69, 9.17) is 5.11 Å². The van der Waals surface area contributed by atoms with Gasteiger partial charge in [0.05, 0.1) is 10.5 Å². The zero-order chi connectivity index (χ0) is 15.3. The Labute approximate surface area is 119 Å². The van der Waals surface area contributed by atoms with Crippen molar-refractivity contribution in [2.24, 2.45) is 0 Å². The van der Waals surface area contributed by atoms with Gasteiger partial charge in [-0.05, 0) is 37.5 Å². The predicted molar refractivity (Wildman–Crippen MR) is 77.4 cm³/mol. The first kappa shape index (κ1) is 16.4. The predicted octanol–water partition coefficient (Wildman–Crippen LogP) is 2.19. The van der Waals surface area contributed by atoms with Crippen LogP contribution in [0.2, 0.25) is 0 Å². The molecule has 0 radical (unpaired) electrons. The molecule has 1 atom stereocenters. The first-order valence-corrected chi connectivity index (χ1v) is 7.79. The molecule has 0 fully saturated rings. The molecule has 6 heteroatoms. The quantitative estimate of drug-likeness (QED) is 0.756. The van der Waals surface area contributed by atoms with Crippen LogP contribution in [0.3, 0.4) is 0 Å². The summed E-state index contributed by atoms with van der Waals surface area (Å²) in [6, 6.07) is 3.85. The lowest BCUT2D eigenvalue weighted by molar-refractivity contribution is 0.0696. The van der Waals surface area contributed by atoms with Crippen LogP contribution in [0.5, 0.6) is 0 Å². The van der Waals surface area contributed by atoms with E-state index in [2.05, 4.69) is 11.3 Å². The van der Waals surface area contributed by atoms with Gasteiger partial charge < -0.3 is 5.11 Å². The summed E-state index contributed by atoms with van der Waals surface area (Å²) in [7, 11) is -3.74. The SMILES string of the molecule is C=CCC(C)NS(=O)(=O)c1cc(C(=O)O)ccc1CC. The summed E-state index contributed by atoms with van der Waals surface area (Å²) in [5.74, 6) is -1.15. The van der Waals surface area contributed by atoms with Crippen molar-refractivity contribution in [1.29, 1.82) is 0 Å². The van der Waals surface area contributed by atoms with Crippen molar-refractivity contribution >= 4 is 16.0 Å². The van der Waals surface area contributed by atoms with Crippen LogP contribution >= 0.6 is 0 Å². The Balaban J connectivity index is 3.24. The second-order valence-corrected chi connectivity index (χ2v) is 6.21. The average molecular weight is 297 g/mol. The average Bonchev–Trinajstić information content (AvgIpc) is 2.37. The minimum atomic E-state index is -3.74. The lowest BCUT2D eigenvalue weighted by Gasteiger charge is -2.15. The van der Waals surface area contributed by atoms with Crippen molar-refractivity contribution in [3.8, 4) is 0 Å². The number of nitrogens with one attached hydrogen (secondary N) is 1. The van der Waals surface area contributed by atoms with Gasteiger partial charge in [-0.25, -0.2) is 17.9 Å². The van der Waals surface area contributed by atoms with E-state index in [0.717, 1.165) is 0 Å². The van der Waals surface area contributed by atoms with Crippen LogP contribution in [-0.2, 0) is 16.4 Å². The van der Waals surface area contributed by atoms with Crippen LogP contribution in [-0.4, -0.2) is 25.5 Å². The molecule has 0 spiro atoms. The third-order valence-corrected chi connectivity index (χ3v) is 4.53. The summed E-state index contributed by atoms with van der Waals surface area (Å²) in [6.45, 7) is 7.11. The minimum Gasteiger partial charge on any atom is -0.478 e. The molecule has 1 aromatic carbocycles. The van der Waals surface area contributed by atoms with E-state index in [1.165, 1.54) is 18.2 Å². The highest BCUT2D eigenvalue weighted by molar-refractivity contribution is 7.89. The summed E-state index contributed by atoms with van der Waals surface area (Å²) >= 11 is 0. The number of hydrogen-bond donors (Lipinski definition) is 2. The molecular formula is C14H19NO4S. The number of rotatable bonds is 7. The van der Waals surface area contributed by atoms with Gasteiger partial charge in [0.25, 0.3) is 0 Å². The molecule has 2 N–H and O–H groups in total. The van der Waals surface area contributed by atoms with E-state index in [1.807, 2.05) is 6.92 Å². The lowest BCUT2D eigenvalue weighted by atomic mass is 10.1. The molecule has 1 aromatic rings. The fourth-order valence-corrected chi connectivity index (χ4v) is 3.45. The molecule has 0 bridgehead atoms. The number of sulfonamides is 1. The molecule has 0 aliphatic heterocycles. The van der Waals surface area contributed by atoms with Gasteiger partial charge >= 0.3 is 5.97 Å². The van der Waals surface area contributed by atoms with Crippen LogP contribution < -0.4 is 4.72 Å². The molecule has 0 amide bonds. The van der Waals surface area contributed by atoms with Gasteiger partial charge in [-0.2, -0.15) is 0 Å². The monoisotopic (exact) mass is 297 g/mol. The standard InChI is InChI=1S/C14H19NO4S/c1-4-6-10(3)15-20(18,19)13-9-12(14(16)17)8-7-11(13)5-2/h4,7-10,15H,1,5-6H2,2-3H3,(H,16,17). The first-order valence-electron chi connectivity index (χ1n) is 6.31. The first-order chi connectivity index (χ1) is 9.31. The minimum absolute atomic E-state index is 0.0239.